The molecule has 1 aromatic rings. The molecule has 0 aliphatic carbocycles. The van der Waals surface area contributed by atoms with Gasteiger partial charge in [0.25, 0.3) is 5.78 Å². The Morgan fingerprint density at radius 2 is 1.74 bits per heavy atom. The summed E-state index contributed by atoms with van der Waals surface area (Å²) >= 11 is 0. The van der Waals surface area contributed by atoms with E-state index in [-0.39, 0.29) is 70.1 Å². The molecule has 15 nitrogen and oxygen atoms in total. The van der Waals surface area contributed by atoms with Gasteiger partial charge >= 0.3 is 6.18 Å². The van der Waals surface area contributed by atoms with Crippen LogP contribution >= 0.6 is 0 Å². The summed E-state index contributed by atoms with van der Waals surface area (Å²) in [5.41, 5.74) is 16.8. The number of nitrogens with one attached hydrogen (secondary N) is 4. The van der Waals surface area contributed by atoms with E-state index in [2.05, 4.69) is 36.6 Å². The number of ketones is 1. The molecular weight excluding hydrogens is 575 g/mol. The monoisotopic (exact) mass is 617 g/mol. The van der Waals surface area contributed by atoms with Gasteiger partial charge in [-0.25, -0.2) is 4.68 Å². The molecule has 18 heteroatoms. The Labute approximate surface area is 247 Å². The minimum Gasteiger partial charge on any atom is -0.370 e. The number of aliphatic imine (C=N–C) groups is 1. The number of rotatable bonds is 9. The van der Waals surface area contributed by atoms with Crippen LogP contribution in [-0.4, -0.2) is 88.4 Å². The van der Waals surface area contributed by atoms with Crippen molar-refractivity contribution in [2.45, 2.75) is 95.2 Å². The van der Waals surface area contributed by atoms with Crippen LogP contribution < -0.4 is 38.5 Å². The van der Waals surface area contributed by atoms with Gasteiger partial charge < -0.3 is 33.2 Å². The van der Waals surface area contributed by atoms with E-state index in [0.29, 0.717) is 37.9 Å². The lowest BCUT2D eigenvalue weighted by atomic mass is 10.0. The number of nitrogens with two attached hydrogens (primary N) is 3. The van der Waals surface area contributed by atoms with Crippen LogP contribution in [0.15, 0.2) is 11.2 Å². The molecule has 0 aromatic carbocycles. The Morgan fingerprint density at radius 1 is 1.02 bits per heavy atom. The van der Waals surface area contributed by atoms with Gasteiger partial charge in [-0.15, -0.1) is 5.10 Å². The number of aromatic nitrogens is 3. The molecule has 0 spiro atoms. The van der Waals surface area contributed by atoms with Crippen LogP contribution in [0.1, 0.15) is 63.5 Å². The van der Waals surface area contributed by atoms with Gasteiger partial charge in [-0.3, -0.25) is 29.5 Å². The van der Waals surface area contributed by atoms with E-state index >= 15 is 0 Å². The van der Waals surface area contributed by atoms with Crippen molar-refractivity contribution in [3.63, 3.8) is 0 Å². The van der Waals surface area contributed by atoms with Crippen molar-refractivity contribution in [2.24, 2.45) is 22.2 Å². The minimum absolute atomic E-state index is 0.0186. The summed E-state index contributed by atoms with van der Waals surface area (Å²) in [4.78, 5) is 54.8. The number of hydrogen-bond donors (Lipinski definition) is 7. The van der Waals surface area contributed by atoms with Gasteiger partial charge in [-0.2, -0.15) is 13.2 Å². The lowest BCUT2D eigenvalue weighted by Gasteiger charge is -2.25. The van der Waals surface area contributed by atoms with Gasteiger partial charge in [-0.05, 0) is 51.5 Å². The maximum Gasteiger partial charge on any atom is 0.452 e. The van der Waals surface area contributed by atoms with Gasteiger partial charge in [0.2, 0.25) is 17.7 Å². The molecule has 0 saturated heterocycles. The largest absolute Gasteiger partial charge is 0.452 e. The number of amides is 3. The van der Waals surface area contributed by atoms with Crippen molar-refractivity contribution in [1.29, 1.82) is 0 Å². The Hall–Kier alpha value is -3.80. The van der Waals surface area contributed by atoms with Crippen molar-refractivity contribution >= 4 is 29.5 Å². The topological polar surface area (TPSA) is 238 Å². The number of hydrogen-bond acceptors (Lipinski definition) is 9. The van der Waals surface area contributed by atoms with E-state index in [9.17, 15) is 32.3 Å². The third-order valence-electron chi connectivity index (χ3n) is 6.69. The highest BCUT2D eigenvalue weighted by atomic mass is 19.4. The van der Waals surface area contributed by atoms with Crippen LogP contribution in [0.3, 0.4) is 0 Å². The molecule has 242 valence electrons. The molecule has 0 unspecified atom stereocenters. The van der Waals surface area contributed by atoms with E-state index in [1.807, 2.05) is 0 Å². The molecule has 1 aliphatic rings. The lowest BCUT2D eigenvalue weighted by Crippen LogP contribution is -2.56. The fourth-order valence-corrected chi connectivity index (χ4v) is 4.37. The van der Waals surface area contributed by atoms with Crippen LogP contribution in [-0.2, 0) is 32.3 Å². The SMILES string of the molecule is NCCCC[C@@H]1NCn2cc(nn2)CCC(=O)NCCCC[C@@H](C(=O)C(F)(F)F)NC(=O)[C@H](CCCN=C(N)N)NC1=O. The number of halogens is 3. The Balaban J connectivity index is 2.32. The third kappa shape index (κ3) is 13.4. The minimum atomic E-state index is -5.19. The molecule has 0 saturated carbocycles. The van der Waals surface area contributed by atoms with Crippen LogP contribution in [0.4, 0.5) is 13.2 Å². The number of aryl methyl sites for hydroxylation is 1. The van der Waals surface area contributed by atoms with Crippen molar-refractivity contribution in [1.82, 2.24) is 36.3 Å². The molecular formula is C25H42F3N11O4. The number of alkyl halides is 3. The second kappa shape index (κ2) is 18.0. The van der Waals surface area contributed by atoms with Crippen LogP contribution in [0.2, 0.25) is 0 Å². The van der Waals surface area contributed by atoms with E-state index < -0.39 is 41.9 Å². The molecule has 2 heterocycles. The summed E-state index contributed by atoms with van der Waals surface area (Å²) in [6.07, 6.45) is -1.33. The smallest absolute Gasteiger partial charge is 0.370 e. The highest BCUT2D eigenvalue weighted by Gasteiger charge is 2.44. The maximum absolute atomic E-state index is 13.4. The van der Waals surface area contributed by atoms with Gasteiger partial charge in [0, 0.05) is 32.1 Å². The molecule has 3 amide bonds. The van der Waals surface area contributed by atoms with Crippen molar-refractivity contribution in [3.8, 4) is 0 Å². The Kier molecular flexibility index (Phi) is 14.8. The van der Waals surface area contributed by atoms with Gasteiger partial charge in [0.1, 0.15) is 6.04 Å². The zero-order valence-corrected chi connectivity index (χ0v) is 24.0. The first-order valence-electron chi connectivity index (χ1n) is 14.3. The third-order valence-corrected chi connectivity index (χ3v) is 6.69. The van der Waals surface area contributed by atoms with Crippen LogP contribution in [0.25, 0.3) is 0 Å². The molecule has 1 aromatic heterocycles. The number of Topliss-reactive ketones (excluding diaryl/α,β-unsaturated/α-hetero) is 1. The summed E-state index contributed by atoms with van der Waals surface area (Å²) in [6.45, 7) is 0.749. The van der Waals surface area contributed by atoms with E-state index in [1.54, 1.807) is 6.20 Å². The fraction of sp³-hybridized carbons (Fsp3) is 0.720. The second-order valence-electron chi connectivity index (χ2n) is 10.2. The van der Waals surface area contributed by atoms with Crippen LogP contribution in [0.5, 0.6) is 0 Å². The molecule has 2 rings (SSSR count). The molecule has 10 N–H and O–H groups in total. The van der Waals surface area contributed by atoms with Crippen LogP contribution in [0, 0.1) is 0 Å². The number of guanidine groups is 1. The Morgan fingerprint density at radius 3 is 2.44 bits per heavy atom. The Bertz CT molecular complexity index is 1090. The van der Waals surface area contributed by atoms with E-state index in [0.717, 1.165) is 0 Å². The number of carbonyl (C=O) groups is 4. The standard InChI is InChI=1S/C25H42F3N11O4/c26-25(27,28)21(41)17-6-2-4-12-32-20(40)10-9-16-14-39(38-37-16)15-34-18(7-1-3-11-29)22(42)36-19(23(43)35-17)8-5-13-33-24(30)31/h14,17-19,34H,1-13,15,29H2,(H,32,40)(H,35,43)(H,36,42)(H4,30,31,33)/t17-,18-,19-/m0/s1. The van der Waals surface area contributed by atoms with Crippen molar-refractivity contribution in [2.75, 3.05) is 19.6 Å². The molecule has 2 bridgehead atoms. The van der Waals surface area contributed by atoms with Crippen molar-refractivity contribution in [3.05, 3.63) is 11.9 Å². The first-order chi connectivity index (χ1) is 20.4. The highest BCUT2D eigenvalue weighted by molar-refractivity contribution is 5.95. The average Bonchev–Trinajstić information content (AvgIpc) is 3.40. The van der Waals surface area contributed by atoms with E-state index in [4.69, 9.17) is 17.2 Å². The summed E-state index contributed by atoms with van der Waals surface area (Å²) in [5, 5.41) is 18.6. The number of nitrogens with zero attached hydrogens (tertiary/aromatic N) is 4. The normalized spacial score (nSPS) is 21.7. The zero-order valence-electron chi connectivity index (χ0n) is 24.0. The molecule has 0 radical (unpaired) electrons. The average molecular weight is 618 g/mol. The molecule has 0 fully saturated rings. The first-order valence-corrected chi connectivity index (χ1v) is 14.3. The summed E-state index contributed by atoms with van der Waals surface area (Å²) in [5.74, 6) is -4.10. The predicted molar refractivity (Wildman–Crippen MR) is 150 cm³/mol. The maximum atomic E-state index is 13.4. The number of fused-ring (bicyclic) bond motifs is 2. The lowest BCUT2D eigenvalue weighted by molar-refractivity contribution is -0.174. The van der Waals surface area contributed by atoms with Gasteiger partial charge in [-0.1, -0.05) is 11.6 Å². The van der Waals surface area contributed by atoms with Gasteiger partial charge in [0.05, 0.1) is 24.4 Å². The number of unbranched alkanes of at least 4 members (excludes halogenated alkanes) is 1. The highest BCUT2D eigenvalue weighted by Crippen LogP contribution is 2.20. The van der Waals surface area contributed by atoms with Gasteiger partial charge in [0.15, 0.2) is 5.96 Å². The zero-order chi connectivity index (χ0) is 31.8. The second-order valence-corrected chi connectivity index (χ2v) is 10.2. The molecule has 1 aliphatic heterocycles. The fourth-order valence-electron chi connectivity index (χ4n) is 4.37. The predicted octanol–water partition coefficient (Wildman–Crippen LogP) is -1.29. The van der Waals surface area contributed by atoms with E-state index in [1.165, 1.54) is 4.68 Å². The summed E-state index contributed by atoms with van der Waals surface area (Å²) < 4.78 is 41.6. The quantitative estimate of drug-likeness (QED) is 0.0983. The molecule has 43 heavy (non-hydrogen) atoms. The molecule has 3 atom stereocenters. The van der Waals surface area contributed by atoms with Crippen molar-refractivity contribution < 1.29 is 32.3 Å². The summed E-state index contributed by atoms with van der Waals surface area (Å²) in [6, 6.07) is -3.98. The first kappa shape index (κ1) is 35.4. The summed E-state index contributed by atoms with van der Waals surface area (Å²) in [7, 11) is 0. The number of carbonyl (C=O) groups excluding carboxylic acids is 4.